The van der Waals surface area contributed by atoms with Crippen LogP contribution < -0.4 is 15.1 Å². The standard InChI is InChI=1S/C29H22FN3O5S2/c1-15-2-10-19(11-3-15)33-26(36)23-22(16-4-12-20(34)13-5-16)25-28(39-24(23)27(33)37)32(29(38)40-25)14-21(35)31-18-8-6-17(30)7-9-18/h2-13,22-24,34H,14H2,1H3,(H,31,35)/t22-,23+,24-/m0/s1. The minimum Gasteiger partial charge on any atom is -0.508 e. The second-order valence-electron chi connectivity index (χ2n) is 9.66. The van der Waals surface area contributed by atoms with Crippen molar-refractivity contribution in [2.45, 2.75) is 29.7 Å². The fourth-order valence-electron chi connectivity index (χ4n) is 5.12. The number of halogens is 1. The van der Waals surface area contributed by atoms with Gasteiger partial charge in [0.1, 0.15) is 23.4 Å². The quantitative estimate of drug-likeness (QED) is 0.340. The van der Waals surface area contributed by atoms with Gasteiger partial charge in [0.15, 0.2) is 0 Å². The summed E-state index contributed by atoms with van der Waals surface area (Å²) in [6.07, 6.45) is 0. The molecule has 2 aliphatic heterocycles. The third-order valence-electron chi connectivity index (χ3n) is 7.02. The molecule has 3 aromatic carbocycles. The Morgan fingerprint density at radius 3 is 2.30 bits per heavy atom. The van der Waals surface area contributed by atoms with Crippen LogP contribution in [0, 0.1) is 18.7 Å². The third-order valence-corrected chi connectivity index (χ3v) is 9.63. The molecule has 3 heterocycles. The van der Waals surface area contributed by atoms with Gasteiger partial charge in [-0.2, -0.15) is 0 Å². The molecule has 2 aliphatic rings. The zero-order valence-corrected chi connectivity index (χ0v) is 22.7. The molecule has 0 radical (unpaired) electrons. The van der Waals surface area contributed by atoms with Gasteiger partial charge in [-0.15, -0.1) is 0 Å². The maximum atomic E-state index is 13.9. The summed E-state index contributed by atoms with van der Waals surface area (Å²) in [5, 5.41) is 12.2. The lowest BCUT2D eigenvalue weighted by Gasteiger charge is -2.30. The van der Waals surface area contributed by atoms with Crippen molar-refractivity contribution in [2.75, 3.05) is 10.2 Å². The van der Waals surface area contributed by atoms with Crippen molar-refractivity contribution in [3.05, 3.63) is 104 Å². The Balaban J connectivity index is 1.40. The van der Waals surface area contributed by atoms with Gasteiger partial charge in [-0.3, -0.25) is 23.7 Å². The van der Waals surface area contributed by atoms with E-state index in [-0.39, 0.29) is 24.1 Å². The average Bonchev–Trinajstić information content (AvgIpc) is 3.37. The molecule has 0 saturated carbocycles. The number of fused-ring (bicyclic) bond motifs is 2. The van der Waals surface area contributed by atoms with Gasteiger partial charge < -0.3 is 10.4 Å². The van der Waals surface area contributed by atoms with Crippen molar-refractivity contribution in [3.63, 3.8) is 0 Å². The highest BCUT2D eigenvalue weighted by Crippen LogP contribution is 2.54. The van der Waals surface area contributed by atoms with Gasteiger partial charge in [-0.25, -0.2) is 9.29 Å². The van der Waals surface area contributed by atoms with Gasteiger partial charge in [-0.1, -0.05) is 52.9 Å². The minimum atomic E-state index is -0.819. The number of carbonyl (C=O) groups is 3. The lowest BCUT2D eigenvalue weighted by molar-refractivity contribution is -0.122. The summed E-state index contributed by atoms with van der Waals surface area (Å²) in [6.45, 7) is 1.59. The van der Waals surface area contributed by atoms with E-state index in [0.717, 1.165) is 28.7 Å². The fourth-order valence-corrected chi connectivity index (χ4v) is 7.89. The van der Waals surface area contributed by atoms with Gasteiger partial charge >= 0.3 is 4.87 Å². The highest BCUT2D eigenvalue weighted by Gasteiger charge is 2.56. The zero-order chi connectivity index (χ0) is 28.1. The lowest BCUT2D eigenvalue weighted by atomic mass is 9.83. The summed E-state index contributed by atoms with van der Waals surface area (Å²) in [6, 6.07) is 18.8. The van der Waals surface area contributed by atoms with Crippen LogP contribution in [0.1, 0.15) is 21.9 Å². The molecule has 3 amide bonds. The molecule has 2 N–H and O–H groups in total. The number of nitrogens with one attached hydrogen (secondary N) is 1. The summed E-state index contributed by atoms with van der Waals surface area (Å²) in [7, 11) is 0. The molecule has 1 aromatic heterocycles. The summed E-state index contributed by atoms with van der Waals surface area (Å²) >= 11 is 2.06. The topological polar surface area (TPSA) is 109 Å². The third kappa shape index (κ3) is 4.50. The van der Waals surface area contributed by atoms with Crippen molar-refractivity contribution in [1.29, 1.82) is 0 Å². The van der Waals surface area contributed by atoms with Crippen LogP contribution in [0.5, 0.6) is 5.75 Å². The van der Waals surface area contributed by atoms with Crippen LogP contribution in [0.3, 0.4) is 0 Å². The Morgan fingerprint density at radius 1 is 0.950 bits per heavy atom. The maximum absolute atomic E-state index is 13.9. The molecule has 40 heavy (non-hydrogen) atoms. The summed E-state index contributed by atoms with van der Waals surface area (Å²) in [5.41, 5.74) is 2.51. The maximum Gasteiger partial charge on any atom is 0.308 e. The number of hydrogen-bond donors (Lipinski definition) is 2. The monoisotopic (exact) mass is 575 g/mol. The fraction of sp³-hybridized carbons (Fsp3) is 0.172. The van der Waals surface area contributed by atoms with E-state index in [1.165, 1.54) is 45.9 Å². The molecule has 202 valence electrons. The SMILES string of the molecule is Cc1ccc(N2C(=O)[C@@H]3[C@H](c4ccc(O)cc4)c4sc(=O)n(CC(=O)Nc5ccc(F)cc5)c4S[C@@H]3C2=O)cc1. The van der Waals surface area contributed by atoms with E-state index in [4.69, 9.17) is 0 Å². The molecular formula is C29H22FN3O5S2. The number of phenols is 1. The number of hydrogen-bond acceptors (Lipinski definition) is 7. The molecule has 0 unspecified atom stereocenters. The van der Waals surface area contributed by atoms with Crippen LogP contribution in [0.25, 0.3) is 0 Å². The molecule has 6 rings (SSSR count). The summed E-state index contributed by atoms with van der Waals surface area (Å²) < 4.78 is 14.6. The number of thiazole rings is 1. The lowest BCUT2D eigenvalue weighted by Crippen LogP contribution is -2.33. The number of aryl methyl sites for hydroxylation is 1. The van der Waals surface area contributed by atoms with Crippen LogP contribution in [-0.4, -0.2) is 32.6 Å². The largest absolute Gasteiger partial charge is 0.508 e. The number of carbonyl (C=O) groups excluding carboxylic acids is 3. The van der Waals surface area contributed by atoms with Crippen molar-refractivity contribution in [1.82, 2.24) is 4.57 Å². The smallest absolute Gasteiger partial charge is 0.308 e. The predicted octanol–water partition coefficient (Wildman–Crippen LogP) is 4.50. The molecule has 0 spiro atoms. The van der Waals surface area contributed by atoms with Gasteiger partial charge in [0.25, 0.3) is 0 Å². The molecule has 8 nitrogen and oxygen atoms in total. The molecule has 1 fully saturated rings. The number of rotatable bonds is 5. The van der Waals surface area contributed by atoms with Crippen LogP contribution in [-0.2, 0) is 20.9 Å². The number of amides is 3. The van der Waals surface area contributed by atoms with Crippen molar-refractivity contribution < 1.29 is 23.9 Å². The first-order chi connectivity index (χ1) is 19.2. The molecule has 0 aliphatic carbocycles. The van der Waals surface area contributed by atoms with E-state index in [9.17, 15) is 28.7 Å². The normalized spacial score (nSPS) is 19.9. The van der Waals surface area contributed by atoms with Crippen LogP contribution in [0.4, 0.5) is 15.8 Å². The van der Waals surface area contributed by atoms with E-state index in [1.54, 1.807) is 24.3 Å². The first-order valence-corrected chi connectivity index (χ1v) is 14.1. The van der Waals surface area contributed by atoms with E-state index in [0.29, 0.717) is 26.8 Å². The Labute approximate surface area is 236 Å². The van der Waals surface area contributed by atoms with Crippen LogP contribution in [0.2, 0.25) is 0 Å². The highest BCUT2D eigenvalue weighted by atomic mass is 32.2. The van der Waals surface area contributed by atoms with Crippen molar-refractivity contribution in [2.24, 2.45) is 5.92 Å². The van der Waals surface area contributed by atoms with Gasteiger partial charge in [0, 0.05) is 16.5 Å². The Hall–Kier alpha value is -4.22. The Bertz CT molecular complexity index is 1700. The zero-order valence-electron chi connectivity index (χ0n) is 21.0. The van der Waals surface area contributed by atoms with E-state index in [2.05, 4.69) is 5.32 Å². The number of imide groups is 1. The Kier molecular flexibility index (Phi) is 6.55. The predicted molar refractivity (Wildman–Crippen MR) is 150 cm³/mol. The molecule has 4 aromatic rings. The number of phenolic OH excluding ortho intramolecular Hbond substituents is 1. The highest BCUT2D eigenvalue weighted by molar-refractivity contribution is 8.00. The van der Waals surface area contributed by atoms with Crippen molar-refractivity contribution in [3.8, 4) is 5.75 Å². The molecule has 1 saturated heterocycles. The summed E-state index contributed by atoms with van der Waals surface area (Å²) in [4.78, 5) is 55.1. The number of nitrogens with zero attached hydrogens (tertiary/aromatic N) is 2. The second-order valence-corrected chi connectivity index (χ2v) is 11.8. The second kappa shape index (κ2) is 10.1. The van der Waals surface area contributed by atoms with E-state index in [1.807, 2.05) is 19.1 Å². The Morgan fingerprint density at radius 2 is 1.62 bits per heavy atom. The first-order valence-electron chi connectivity index (χ1n) is 12.4. The number of aromatic hydroxyl groups is 1. The molecule has 0 bridgehead atoms. The number of benzene rings is 3. The van der Waals surface area contributed by atoms with Gasteiger partial charge in [-0.05, 0) is 61.0 Å². The molecule has 3 atom stereocenters. The number of anilines is 2. The molecule has 11 heteroatoms. The van der Waals surface area contributed by atoms with Gasteiger partial charge in [0.2, 0.25) is 17.7 Å². The first kappa shape index (κ1) is 26.0. The van der Waals surface area contributed by atoms with Crippen molar-refractivity contribution >= 4 is 52.2 Å². The average molecular weight is 576 g/mol. The van der Waals surface area contributed by atoms with Crippen LogP contribution >= 0.6 is 23.1 Å². The molecular weight excluding hydrogens is 553 g/mol. The van der Waals surface area contributed by atoms with E-state index < -0.39 is 33.7 Å². The summed E-state index contributed by atoms with van der Waals surface area (Å²) in [5.74, 6) is -3.06. The van der Waals surface area contributed by atoms with Gasteiger partial charge in [0.05, 0.1) is 16.6 Å². The minimum absolute atomic E-state index is 0.0454. The number of thioether (sulfide) groups is 1. The number of aromatic nitrogens is 1. The van der Waals surface area contributed by atoms with Crippen LogP contribution in [0.15, 0.2) is 82.6 Å². The van der Waals surface area contributed by atoms with E-state index >= 15 is 0 Å².